The fraction of sp³-hybridized carbons (Fsp3) is 0.500. The number of amides is 1. The number of aromatic nitrogens is 3. The van der Waals surface area contributed by atoms with Gasteiger partial charge in [0.2, 0.25) is 5.91 Å². The van der Waals surface area contributed by atoms with E-state index in [0.29, 0.717) is 12.5 Å². The van der Waals surface area contributed by atoms with Gasteiger partial charge in [0.15, 0.2) is 5.96 Å². The van der Waals surface area contributed by atoms with Crippen molar-refractivity contribution in [2.45, 2.75) is 32.7 Å². The monoisotopic (exact) mass is 385 g/mol. The van der Waals surface area contributed by atoms with Crippen molar-refractivity contribution < 1.29 is 4.79 Å². The van der Waals surface area contributed by atoms with Crippen LogP contribution in [0.4, 0.5) is 0 Å². The Morgan fingerprint density at radius 1 is 1.18 bits per heavy atom. The summed E-state index contributed by atoms with van der Waals surface area (Å²) >= 11 is 0. The van der Waals surface area contributed by atoms with Crippen molar-refractivity contribution >= 4 is 11.9 Å². The van der Waals surface area contributed by atoms with Crippen molar-refractivity contribution in [3.63, 3.8) is 0 Å². The highest BCUT2D eigenvalue weighted by Gasteiger charge is 2.06. The lowest BCUT2D eigenvalue weighted by atomic mass is 10.1. The lowest BCUT2D eigenvalue weighted by molar-refractivity contribution is -0.127. The summed E-state index contributed by atoms with van der Waals surface area (Å²) in [5, 5.41) is 14.7. The number of aryl methyl sites for hydroxylation is 2. The number of nitrogens with one attached hydrogen (secondary N) is 2. The molecule has 0 aliphatic heterocycles. The number of guanidine groups is 1. The maximum absolute atomic E-state index is 11.8. The first kappa shape index (κ1) is 21.4. The first-order valence-corrected chi connectivity index (χ1v) is 9.73. The minimum atomic E-state index is -0.0301. The van der Waals surface area contributed by atoms with E-state index in [0.717, 1.165) is 38.2 Å². The van der Waals surface area contributed by atoms with Gasteiger partial charge in [0.25, 0.3) is 0 Å². The van der Waals surface area contributed by atoms with Crippen molar-refractivity contribution in [1.29, 1.82) is 0 Å². The van der Waals surface area contributed by atoms with Gasteiger partial charge < -0.3 is 20.1 Å². The molecule has 1 aromatic heterocycles. The molecule has 8 nitrogen and oxygen atoms in total. The fourth-order valence-electron chi connectivity index (χ4n) is 2.64. The highest BCUT2D eigenvalue weighted by molar-refractivity contribution is 5.84. The second kappa shape index (κ2) is 11.7. The second-order valence-corrected chi connectivity index (χ2v) is 6.69. The summed E-state index contributed by atoms with van der Waals surface area (Å²) in [6.07, 6.45) is 4.56. The van der Waals surface area contributed by atoms with Crippen LogP contribution >= 0.6 is 0 Å². The molecule has 0 saturated heterocycles. The molecule has 0 aliphatic carbocycles. The van der Waals surface area contributed by atoms with Crippen LogP contribution in [0.1, 0.15) is 24.7 Å². The molecule has 1 aromatic carbocycles. The van der Waals surface area contributed by atoms with Crippen LogP contribution < -0.4 is 10.6 Å². The van der Waals surface area contributed by atoms with Crippen LogP contribution in [0.25, 0.3) is 0 Å². The van der Waals surface area contributed by atoms with Gasteiger partial charge in [-0.3, -0.25) is 4.79 Å². The summed E-state index contributed by atoms with van der Waals surface area (Å²) in [7, 11) is 3.47. The Balaban J connectivity index is 1.83. The number of carbonyl (C=O) groups excluding carboxylic acids is 1. The molecule has 2 N–H and O–H groups in total. The molecule has 0 unspecified atom stereocenters. The molecule has 1 amide bonds. The van der Waals surface area contributed by atoms with Crippen LogP contribution in [0.15, 0.2) is 41.7 Å². The van der Waals surface area contributed by atoms with Crippen LogP contribution in [0.5, 0.6) is 0 Å². The Morgan fingerprint density at radius 3 is 2.64 bits per heavy atom. The minimum absolute atomic E-state index is 0.0301. The SMILES string of the molecule is CCc1nncn1CCNC(=NCC(=O)N(C)C)NCCCc1ccccc1. The fourth-order valence-corrected chi connectivity index (χ4v) is 2.64. The molecular formula is C20H31N7O. The van der Waals surface area contributed by atoms with E-state index in [2.05, 4.69) is 57.0 Å². The van der Waals surface area contributed by atoms with E-state index in [1.54, 1.807) is 25.3 Å². The van der Waals surface area contributed by atoms with E-state index >= 15 is 0 Å². The molecule has 152 valence electrons. The van der Waals surface area contributed by atoms with Gasteiger partial charge in [-0.2, -0.15) is 0 Å². The predicted octanol–water partition coefficient (Wildman–Crippen LogP) is 1.10. The van der Waals surface area contributed by atoms with Crippen LogP contribution in [0, 0.1) is 0 Å². The van der Waals surface area contributed by atoms with Gasteiger partial charge in [0.1, 0.15) is 18.7 Å². The van der Waals surface area contributed by atoms with E-state index in [1.807, 2.05) is 10.6 Å². The largest absolute Gasteiger partial charge is 0.356 e. The topological polar surface area (TPSA) is 87.4 Å². The van der Waals surface area contributed by atoms with Crippen LogP contribution in [-0.2, 0) is 24.2 Å². The van der Waals surface area contributed by atoms with Crippen molar-refractivity contribution in [2.24, 2.45) is 4.99 Å². The summed E-state index contributed by atoms with van der Waals surface area (Å²) in [5.41, 5.74) is 1.32. The number of benzene rings is 1. The van der Waals surface area contributed by atoms with Gasteiger partial charge in [-0.1, -0.05) is 37.3 Å². The van der Waals surface area contributed by atoms with E-state index in [-0.39, 0.29) is 12.5 Å². The molecule has 0 saturated carbocycles. The smallest absolute Gasteiger partial charge is 0.243 e. The van der Waals surface area contributed by atoms with E-state index in [1.165, 1.54) is 5.56 Å². The van der Waals surface area contributed by atoms with Crippen molar-refractivity contribution in [3.8, 4) is 0 Å². The number of rotatable bonds is 10. The molecule has 28 heavy (non-hydrogen) atoms. The molecule has 0 bridgehead atoms. The molecule has 0 spiro atoms. The Morgan fingerprint density at radius 2 is 1.93 bits per heavy atom. The zero-order chi connectivity index (χ0) is 20.2. The van der Waals surface area contributed by atoms with E-state index < -0.39 is 0 Å². The lowest BCUT2D eigenvalue weighted by Gasteiger charge is -2.14. The van der Waals surface area contributed by atoms with Gasteiger partial charge in [0, 0.05) is 40.2 Å². The molecule has 0 radical (unpaired) electrons. The highest BCUT2D eigenvalue weighted by atomic mass is 16.2. The number of nitrogens with zero attached hydrogens (tertiary/aromatic N) is 5. The van der Waals surface area contributed by atoms with Gasteiger partial charge in [-0.15, -0.1) is 10.2 Å². The third-order valence-corrected chi connectivity index (χ3v) is 4.31. The van der Waals surface area contributed by atoms with Crippen LogP contribution in [-0.4, -0.2) is 65.3 Å². The van der Waals surface area contributed by atoms with Crippen molar-refractivity contribution in [1.82, 2.24) is 30.3 Å². The quantitative estimate of drug-likeness (QED) is 0.363. The first-order valence-electron chi connectivity index (χ1n) is 9.73. The van der Waals surface area contributed by atoms with Crippen molar-refractivity contribution in [2.75, 3.05) is 33.7 Å². The molecular weight excluding hydrogens is 354 g/mol. The number of likely N-dealkylation sites (N-methyl/N-ethyl adjacent to an activating group) is 1. The Hall–Kier alpha value is -2.90. The number of hydrogen-bond donors (Lipinski definition) is 2. The molecule has 2 rings (SSSR count). The van der Waals surface area contributed by atoms with Crippen LogP contribution in [0.3, 0.4) is 0 Å². The molecule has 0 aliphatic rings. The van der Waals surface area contributed by atoms with E-state index in [9.17, 15) is 4.79 Å². The van der Waals surface area contributed by atoms with Gasteiger partial charge in [0.05, 0.1) is 0 Å². The Labute approximate surface area is 167 Å². The Bertz CT molecular complexity index is 740. The summed E-state index contributed by atoms with van der Waals surface area (Å²) in [6, 6.07) is 10.4. The standard InChI is InChI=1S/C20H31N7O/c1-4-18-25-24-16-27(18)14-13-22-20(23-15-19(28)26(2)3)21-12-8-11-17-9-6-5-7-10-17/h5-7,9-10,16H,4,8,11-15H2,1-3H3,(H2,21,22,23). The molecule has 1 heterocycles. The third-order valence-electron chi connectivity index (χ3n) is 4.31. The van der Waals surface area contributed by atoms with E-state index in [4.69, 9.17) is 0 Å². The Kier molecular flexibility index (Phi) is 8.97. The first-order chi connectivity index (χ1) is 13.6. The minimum Gasteiger partial charge on any atom is -0.356 e. The molecule has 8 heteroatoms. The zero-order valence-electron chi connectivity index (χ0n) is 17.1. The number of carbonyl (C=O) groups is 1. The van der Waals surface area contributed by atoms with Gasteiger partial charge in [-0.25, -0.2) is 4.99 Å². The predicted molar refractivity (Wildman–Crippen MR) is 111 cm³/mol. The average Bonchev–Trinajstić information content (AvgIpc) is 3.16. The van der Waals surface area contributed by atoms with Crippen molar-refractivity contribution in [3.05, 3.63) is 48.0 Å². The molecule has 0 fully saturated rings. The number of aliphatic imine (C=N–C) groups is 1. The normalized spacial score (nSPS) is 11.3. The van der Waals surface area contributed by atoms with Crippen LogP contribution in [0.2, 0.25) is 0 Å². The van der Waals surface area contributed by atoms with Gasteiger partial charge in [-0.05, 0) is 18.4 Å². The summed E-state index contributed by atoms with van der Waals surface area (Å²) in [6.45, 7) is 4.37. The second-order valence-electron chi connectivity index (χ2n) is 6.69. The molecule has 2 aromatic rings. The summed E-state index contributed by atoms with van der Waals surface area (Å²) in [5.74, 6) is 1.57. The third kappa shape index (κ3) is 7.38. The maximum atomic E-state index is 11.8. The summed E-state index contributed by atoms with van der Waals surface area (Å²) in [4.78, 5) is 17.8. The lowest BCUT2D eigenvalue weighted by Crippen LogP contribution is -2.40. The zero-order valence-corrected chi connectivity index (χ0v) is 17.1. The van der Waals surface area contributed by atoms with Gasteiger partial charge >= 0.3 is 0 Å². The summed E-state index contributed by atoms with van der Waals surface area (Å²) < 4.78 is 2.02. The molecule has 0 atom stereocenters. The maximum Gasteiger partial charge on any atom is 0.243 e. The highest BCUT2D eigenvalue weighted by Crippen LogP contribution is 2.01. The number of hydrogen-bond acceptors (Lipinski definition) is 4. The average molecular weight is 386 g/mol.